The van der Waals surface area contributed by atoms with Crippen LogP contribution in [0.2, 0.25) is 0 Å². The largest absolute Gasteiger partial charge is 0.369 e. The lowest BCUT2D eigenvalue weighted by atomic mass is 9.83. The summed E-state index contributed by atoms with van der Waals surface area (Å²) >= 11 is 0. The second-order valence-electron chi connectivity index (χ2n) is 20.6. The quantitative estimate of drug-likeness (QED) is 0.110. The van der Waals surface area contributed by atoms with E-state index in [0.29, 0.717) is 36.3 Å². The highest BCUT2D eigenvalue weighted by atomic mass is 16.2. The van der Waals surface area contributed by atoms with Gasteiger partial charge in [0.05, 0.1) is 17.9 Å². The molecule has 15 nitrogen and oxygen atoms in total. The molecule has 15 heteroatoms. The smallest absolute Gasteiger partial charge is 0.251 e. The van der Waals surface area contributed by atoms with Crippen LogP contribution in [-0.4, -0.2) is 129 Å². The summed E-state index contributed by atoms with van der Waals surface area (Å²) in [5, 5.41) is 21.3. The van der Waals surface area contributed by atoms with Gasteiger partial charge in [-0.2, -0.15) is 5.26 Å². The summed E-state index contributed by atoms with van der Waals surface area (Å²) in [6.45, 7) is 23.1. The van der Waals surface area contributed by atoms with E-state index < -0.39 is 18.0 Å². The van der Waals surface area contributed by atoms with Gasteiger partial charge in [0, 0.05) is 86.9 Å². The highest BCUT2D eigenvalue weighted by Crippen LogP contribution is 2.28. The lowest BCUT2D eigenvalue weighted by Gasteiger charge is -2.36. The minimum atomic E-state index is -0.683. The summed E-state index contributed by atoms with van der Waals surface area (Å²) in [7, 11) is 0. The van der Waals surface area contributed by atoms with Crippen LogP contribution in [0.4, 0.5) is 11.4 Å². The third-order valence-corrected chi connectivity index (χ3v) is 14.2. The van der Waals surface area contributed by atoms with Crippen LogP contribution in [0.15, 0.2) is 48.5 Å². The molecule has 4 aliphatic rings. The summed E-state index contributed by atoms with van der Waals surface area (Å²) in [4.78, 5) is 73.5. The van der Waals surface area contributed by atoms with Gasteiger partial charge in [0.25, 0.3) is 11.8 Å². The Hall–Kier alpha value is -5.20. The maximum absolute atomic E-state index is 13.0. The van der Waals surface area contributed by atoms with Crippen LogP contribution in [-0.2, 0) is 14.4 Å². The van der Waals surface area contributed by atoms with E-state index in [0.717, 1.165) is 122 Å². The van der Waals surface area contributed by atoms with E-state index in [-0.39, 0.29) is 53.5 Å². The Morgan fingerprint density at radius 3 is 1.35 bits per heavy atom. The second kappa shape index (κ2) is 27.9. The van der Waals surface area contributed by atoms with Gasteiger partial charge in [-0.1, -0.05) is 67.2 Å². The topological polar surface area (TPSA) is 196 Å². The van der Waals surface area contributed by atoms with E-state index in [9.17, 15) is 29.2 Å². The molecular weight excluding hydrogens is 869 g/mol. The molecule has 69 heavy (non-hydrogen) atoms. The maximum atomic E-state index is 13.0. The van der Waals surface area contributed by atoms with Crippen molar-refractivity contribution in [3.05, 3.63) is 59.7 Å². The van der Waals surface area contributed by atoms with Crippen LogP contribution in [0.3, 0.4) is 0 Å². The molecule has 6 atom stereocenters. The molecule has 2 aliphatic carbocycles. The average Bonchev–Trinajstić information content (AvgIpc) is 3.34. The van der Waals surface area contributed by atoms with Crippen molar-refractivity contribution in [2.24, 2.45) is 29.4 Å². The van der Waals surface area contributed by atoms with E-state index in [1.54, 1.807) is 0 Å². The number of benzene rings is 2. The Morgan fingerprint density at radius 1 is 0.594 bits per heavy atom. The Bertz CT molecular complexity index is 1970. The van der Waals surface area contributed by atoms with E-state index in [4.69, 9.17) is 5.73 Å². The number of amides is 5. The molecule has 4 fully saturated rings. The summed E-state index contributed by atoms with van der Waals surface area (Å²) in [5.74, 6) is -1.22. The Labute approximate surface area is 413 Å². The summed E-state index contributed by atoms with van der Waals surface area (Å²) in [6.07, 6.45) is 10.3. The van der Waals surface area contributed by atoms with E-state index in [2.05, 4.69) is 60.8 Å². The van der Waals surface area contributed by atoms with Crippen LogP contribution in [0.1, 0.15) is 139 Å². The molecule has 2 heterocycles. The first-order valence-electron chi connectivity index (χ1n) is 26.3. The van der Waals surface area contributed by atoms with Crippen molar-refractivity contribution in [3.63, 3.8) is 0 Å². The summed E-state index contributed by atoms with van der Waals surface area (Å²) in [6, 6.07) is 16.2. The number of nitriles is 1. The third-order valence-electron chi connectivity index (χ3n) is 14.2. The fourth-order valence-corrected chi connectivity index (χ4v) is 10.4. The Kier molecular flexibility index (Phi) is 22.1. The number of carbonyl (C=O) groups excluding carboxylic acids is 5. The fourth-order valence-electron chi connectivity index (χ4n) is 10.4. The van der Waals surface area contributed by atoms with Crippen molar-refractivity contribution in [3.8, 4) is 6.07 Å². The first-order chi connectivity index (χ1) is 33.2. The van der Waals surface area contributed by atoms with Crippen molar-refractivity contribution in [1.29, 1.82) is 5.26 Å². The molecule has 380 valence electrons. The molecular formula is C54H84N10O5. The van der Waals surface area contributed by atoms with Gasteiger partial charge in [-0.15, -0.1) is 0 Å². The molecule has 2 saturated carbocycles. The van der Waals surface area contributed by atoms with Gasteiger partial charge in [0.2, 0.25) is 17.7 Å². The molecule has 0 aromatic heterocycles. The van der Waals surface area contributed by atoms with Crippen molar-refractivity contribution in [2.75, 3.05) is 75.2 Å². The van der Waals surface area contributed by atoms with Gasteiger partial charge in [0.1, 0.15) is 12.1 Å². The maximum Gasteiger partial charge on any atom is 0.251 e. The lowest BCUT2D eigenvalue weighted by Crippen LogP contribution is -2.53. The summed E-state index contributed by atoms with van der Waals surface area (Å²) < 4.78 is 0. The van der Waals surface area contributed by atoms with Gasteiger partial charge >= 0.3 is 0 Å². The molecule has 0 spiro atoms. The number of rotatable bonds is 19. The number of hydrogen-bond acceptors (Lipinski definition) is 10. The monoisotopic (exact) mass is 953 g/mol. The molecule has 0 unspecified atom stereocenters. The highest BCUT2D eigenvalue weighted by molar-refractivity contribution is 5.96. The lowest BCUT2D eigenvalue weighted by molar-refractivity contribution is -0.131. The van der Waals surface area contributed by atoms with Crippen molar-refractivity contribution >= 4 is 40.9 Å². The zero-order chi connectivity index (χ0) is 49.9. The Balaban J connectivity index is 0.000000258. The molecule has 2 aromatic rings. The normalized spacial score (nSPS) is 22.1. The summed E-state index contributed by atoms with van der Waals surface area (Å²) in [5.41, 5.74) is 9.01. The number of anilines is 2. The van der Waals surface area contributed by atoms with Crippen molar-refractivity contribution < 1.29 is 24.0 Å². The van der Waals surface area contributed by atoms with Crippen molar-refractivity contribution in [1.82, 2.24) is 31.1 Å². The SMILES string of the molecule is CCCN1CCN(c2ccc(C(=O)N[C@H]3CCCC[C@H]3C(=O)N[C@@H](CC(C)C)C(N)=O)cc2)CC1.CCCN1CCN(c2ccc(C(=O)N[C@H]3CCCC[C@H]3C(=O)N[C@H](C#N)CC(C)C)cc2)CC1. The number of hydrogen-bond donors (Lipinski definition) is 5. The van der Waals surface area contributed by atoms with Gasteiger partial charge in [-0.25, -0.2) is 0 Å². The highest BCUT2D eigenvalue weighted by Gasteiger charge is 2.35. The van der Waals surface area contributed by atoms with Gasteiger partial charge in [-0.3, -0.25) is 33.8 Å². The van der Waals surface area contributed by atoms with Gasteiger partial charge < -0.3 is 36.8 Å². The number of nitrogens with zero attached hydrogens (tertiary/aromatic N) is 5. The molecule has 2 saturated heterocycles. The van der Waals surface area contributed by atoms with Crippen LogP contribution < -0.4 is 36.8 Å². The molecule has 6 N–H and O–H groups in total. The predicted molar refractivity (Wildman–Crippen MR) is 275 cm³/mol. The molecule has 6 rings (SSSR count). The van der Waals surface area contributed by atoms with E-state index in [1.165, 1.54) is 12.8 Å². The van der Waals surface area contributed by atoms with E-state index >= 15 is 0 Å². The average molecular weight is 953 g/mol. The Morgan fingerprint density at radius 2 is 0.986 bits per heavy atom. The van der Waals surface area contributed by atoms with Gasteiger partial charge in [-0.05, 0) is 125 Å². The van der Waals surface area contributed by atoms with Crippen LogP contribution in [0.25, 0.3) is 0 Å². The first-order valence-corrected chi connectivity index (χ1v) is 26.3. The van der Waals surface area contributed by atoms with Crippen molar-refractivity contribution in [2.45, 2.75) is 143 Å². The number of piperazine rings is 2. The first kappa shape index (κ1) is 54.7. The zero-order valence-electron chi connectivity index (χ0n) is 42.6. The number of primary amides is 1. The van der Waals surface area contributed by atoms with E-state index in [1.807, 2.05) is 76.2 Å². The third kappa shape index (κ3) is 17.0. The van der Waals surface area contributed by atoms with Gasteiger partial charge in [0.15, 0.2) is 0 Å². The molecule has 2 aliphatic heterocycles. The number of nitrogens with one attached hydrogen (secondary N) is 4. The van der Waals surface area contributed by atoms with Crippen LogP contribution >= 0.6 is 0 Å². The predicted octanol–water partition coefficient (Wildman–Crippen LogP) is 6.09. The molecule has 0 radical (unpaired) electrons. The minimum Gasteiger partial charge on any atom is -0.369 e. The number of nitrogens with two attached hydrogens (primary N) is 1. The van der Waals surface area contributed by atoms with Crippen LogP contribution in [0, 0.1) is 35.0 Å². The standard InChI is InChI=1S/C27H43N5O3.C27H41N5O2/c1-4-13-31-14-16-32(17-15-31)21-11-9-20(10-12-21)26(34)29-23-8-6-5-7-22(23)27(35)30-24(25(28)33)18-19(2)3;1-4-13-31-14-16-32(17-15-31)23-11-9-21(10-12-23)26(33)30-25-8-6-5-7-24(25)27(34)29-22(19-28)18-20(2)3/h9-12,19,22-24H,4-8,13-18H2,1-3H3,(H2,28,33)(H,29,34)(H,30,35);9-12,20,22,24-25H,4-8,13-18H2,1-3H3,(H,29,34)(H,30,33)/t22-,23+,24+;22-,24+,25-/m10/s1. The molecule has 0 bridgehead atoms. The van der Waals surface area contributed by atoms with Crippen LogP contribution in [0.5, 0.6) is 0 Å². The molecule has 2 aromatic carbocycles. The zero-order valence-corrected chi connectivity index (χ0v) is 42.6. The fraction of sp³-hybridized carbons (Fsp3) is 0.667. The molecule has 5 amide bonds. The number of carbonyl (C=O) groups is 5. The minimum absolute atomic E-state index is 0.116. The second-order valence-corrected chi connectivity index (χ2v) is 20.6.